The van der Waals surface area contributed by atoms with Gasteiger partial charge in [0.2, 0.25) is 0 Å². The van der Waals surface area contributed by atoms with Gasteiger partial charge >= 0.3 is 6.18 Å². The zero-order valence-corrected chi connectivity index (χ0v) is 19.9. The van der Waals surface area contributed by atoms with Crippen molar-refractivity contribution in [2.45, 2.75) is 52.1 Å². The van der Waals surface area contributed by atoms with Crippen LogP contribution in [0, 0.1) is 6.92 Å². The largest absolute Gasteiger partial charge is 0.416 e. The van der Waals surface area contributed by atoms with Crippen molar-refractivity contribution in [3.05, 3.63) is 69.3 Å². The molecule has 1 aliphatic heterocycles. The minimum Gasteiger partial charge on any atom is -0.379 e. The predicted molar refractivity (Wildman–Crippen MR) is 126 cm³/mol. The first-order valence-electron chi connectivity index (χ1n) is 11.4. The first-order chi connectivity index (χ1) is 16.4. The first kappa shape index (κ1) is 24.7. The molecule has 1 amide bonds. The third-order valence-corrected chi connectivity index (χ3v) is 5.99. The van der Waals surface area contributed by atoms with Crippen LogP contribution in [-0.2, 0) is 10.9 Å². The summed E-state index contributed by atoms with van der Waals surface area (Å²) < 4.78 is 47.2. The number of fused-ring (bicyclic) bond motifs is 1. The zero-order valence-electron chi connectivity index (χ0n) is 19.9. The van der Waals surface area contributed by atoms with Crippen molar-refractivity contribution in [2.24, 2.45) is 0 Å². The molecule has 0 radical (unpaired) electrons. The van der Waals surface area contributed by atoms with Crippen molar-refractivity contribution in [3.63, 3.8) is 0 Å². The summed E-state index contributed by atoms with van der Waals surface area (Å²) in [5, 5.41) is 3.13. The third kappa shape index (κ3) is 5.32. The van der Waals surface area contributed by atoms with Crippen LogP contribution in [0.2, 0.25) is 0 Å². The van der Waals surface area contributed by atoms with Crippen LogP contribution in [0.1, 0.15) is 54.1 Å². The van der Waals surface area contributed by atoms with Crippen LogP contribution in [0.3, 0.4) is 0 Å². The molecule has 0 bridgehead atoms. The van der Waals surface area contributed by atoms with Gasteiger partial charge in [0.25, 0.3) is 11.5 Å². The fourth-order valence-electron chi connectivity index (χ4n) is 4.49. The molecule has 2 heterocycles. The zero-order chi connectivity index (χ0) is 25.5. The van der Waals surface area contributed by atoms with E-state index in [0.717, 1.165) is 6.07 Å². The topological polar surface area (TPSA) is 87.3 Å². The highest BCUT2D eigenvalue weighted by molar-refractivity contribution is 5.94. The van der Waals surface area contributed by atoms with E-state index >= 15 is 0 Å². The molecule has 0 unspecified atom stereocenters. The van der Waals surface area contributed by atoms with Crippen LogP contribution >= 0.6 is 0 Å². The van der Waals surface area contributed by atoms with E-state index in [2.05, 4.69) is 15.3 Å². The summed E-state index contributed by atoms with van der Waals surface area (Å²) in [6.45, 7) is 7.92. The molecule has 1 aromatic heterocycles. The summed E-state index contributed by atoms with van der Waals surface area (Å²) in [6.07, 6.45) is -4.73. The number of amides is 1. The molecular formula is C25H27F3N4O3. The lowest BCUT2D eigenvalue weighted by molar-refractivity contribution is -0.138. The monoisotopic (exact) mass is 488 g/mol. The van der Waals surface area contributed by atoms with Gasteiger partial charge < -0.3 is 19.9 Å². The summed E-state index contributed by atoms with van der Waals surface area (Å²) in [5.74, 6) is 0.118. The first-order valence-corrected chi connectivity index (χ1v) is 11.4. The number of benzene rings is 2. The Morgan fingerprint density at radius 2 is 1.80 bits per heavy atom. The number of aromatic amines is 1. The van der Waals surface area contributed by atoms with Crippen LogP contribution in [0.15, 0.2) is 41.2 Å². The second-order valence-electron chi connectivity index (χ2n) is 9.02. The molecule has 35 heavy (non-hydrogen) atoms. The number of aromatic nitrogens is 2. The molecule has 7 nitrogen and oxygen atoms in total. The van der Waals surface area contributed by atoms with E-state index in [1.54, 1.807) is 36.1 Å². The minimum atomic E-state index is -4.62. The molecule has 1 saturated heterocycles. The van der Waals surface area contributed by atoms with Crippen molar-refractivity contribution >= 4 is 22.5 Å². The Labute approximate surface area is 200 Å². The number of rotatable bonds is 4. The van der Waals surface area contributed by atoms with Crippen molar-refractivity contribution in [2.75, 3.05) is 18.4 Å². The number of aryl methyl sites for hydroxylation is 1. The van der Waals surface area contributed by atoms with E-state index in [-0.39, 0.29) is 40.4 Å². The number of nitrogens with zero attached hydrogens (tertiary/aromatic N) is 2. The number of halogens is 3. The van der Waals surface area contributed by atoms with E-state index in [9.17, 15) is 22.8 Å². The summed E-state index contributed by atoms with van der Waals surface area (Å²) in [4.78, 5) is 33.5. The average Bonchev–Trinajstić information content (AvgIpc) is 2.77. The highest BCUT2D eigenvalue weighted by Crippen LogP contribution is 2.37. The highest BCUT2D eigenvalue weighted by Gasteiger charge is 2.35. The second-order valence-corrected chi connectivity index (χ2v) is 9.02. The Bertz CT molecular complexity index is 1290. The standard InChI is InChI=1S/C25H27F3N4O3/c1-13-11-32(12-14(2)35-13)24(34)17-5-7-18(8-6-17)29-15(3)19-9-20-22(10-21(19)25(26,27)28)30-16(4)31-23(20)33/h5-10,13-15,29H,11-12H2,1-4H3,(H,30,31,33)/t13-,14+,15-/m0/s1. The van der Waals surface area contributed by atoms with Gasteiger partial charge in [0.1, 0.15) is 5.82 Å². The van der Waals surface area contributed by atoms with E-state index < -0.39 is 23.3 Å². The van der Waals surface area contributed by atoms with E-state index in [0.29, 0.717) is 24.3 Å². The van der Waals surface area contributed by atoms with Crippen LogP contribution < -0.4 is 10.9 Å². The van der Waals surface area contributed by atoms with Gasteiger partial charge in [-0.25, -0.2) is 4.98 Å². The fourth-order valence-corrected chi connectivity index (χ4v) is 4.49. The molecule has 1 fully saturated rings. The molecule has 3 atom stereocenters. The number of alkyl halides is 3. The summed E-state index contributed by atoms with van der Waals surface area (Å²) in [6, 6.07) is 7.97. The van der Waals surface area contributed by atoms with Gasteiger partial charge in [-0.2, -0.15) is 13.2 Å². The predicted octanol–water partition coefficient (Wildman–Crippen LogP) is 4.67. The van der Waals surface area contributed by atoms with Gasteiger partial charge in [-0.15, -0.1) is 0 Å². The molecular weight excluding hydrogens is 461 g/mol. The number of carbonyl (C=O) groups is 1. The minimum absolute atomic E-state index is 0.0101. The molecule has 10 heteroatoms. The average molecular weight is 489 g/mol. The molecule has 0 spiro atoms. The Balaban J connectivity index is 1.59. The van der Waals surface area contributed by atoms with E-state index in [1.807, 2.05) is 13.8 Å². The van der Waals surface area contributed by atoms with Crippen molar-refractivity contribution in [1.29, 1.82) is 0 Å². The number of ether oxygens (including phenoxy) is 1. The molecule has 0 aliphatic carbocycles. The Morgan fingerprint density at radius 3 is 2.40 bits per heavy atom. The highest BCUT2D eigenvalue weighted by atomic mass is 19.4. The van der Waals surface area contributed by atoms with Gasteiger partial charge in [-0.1, -0.05) is 0 Å². The number of hydrogen-bond acceptors (Lipinski definition) is 5. The normalized spacial score (nSPS) is 19.6. The lowest BCUT2D eigenvalue weighted by Crippen LogP contribution is -2.48. The van der Waals surface area contributed by atoms with Crippen LogP contribution in [0.5, 0.6) is 0 Å². The molecule has 186 valence electrons. The lowest BCUT2D eigenvalue weighted by Gasteiger charge is -2.35. The molecule has 0 saturated carbocycles. The Hall–Kier alpha value is -3.40. The Morgan fingerprint density at radius 1 is 1.17 bits per heavy atom. The van der Waals surface area contributed by atoms with Gasteiger partial charge in [0.15, 0.2) is 0 Å². The summed E-state index contributed by atoms with van der Waals surface area (Å²) in [7, 11) is 0. The number of nitrogens with one attached hydrogen (secondary N) is 2. The number of carbonyl (C=O) groups excluding carboxylic acids is 1. The molecule has 4 rings (SSSR count). The maximum atomic E-state index is 13.9. The molecule has 1 aliphatic rings. The number of H-pyrrole nitrogens is 1. The van der Waals surface area contributed by atoms with Gasteiger partial charge in [-0.3, -0.25) is 9.59 Å². The van der Waals surface area contributed by atoms with E-state index in [1.165, 1.54) is 13.0 Å². The van der Waals surface area contributed by atoms with Crippen molar-refractivity contribution < 1.29 is 22.7 Å². The Kier molecular flexibility index (Phi) is 6.59. The van der Waals surface area contributed by atoms with Crippen molar-refractivity contribution in [1.82, 2.24) is 14.9 Å². The van der Waals surface area contributed by atoms with Gasteiger partial charge in [-0.05, 0) is 69.7 Å². The smallest absolute Gasteiger partial charge is 0.379 e. The molecule has 3 aromatic rings. The summed E-state index contributed by atoms with van der Waals surface area (Å²) in [5.41, 5.74) is -0.406. The third-order valence-electron chi connectivity index (χ3n) is 5.99. The summed E-state index contributed by atoms with van der Waals surface area (Å²) >= 11 is 0. The molecule has 2 aromatic carbocycles. The number of anilines is 1. The van der Waals surface area contributed by atoms with Gasteiger partial charge in [0.05, 0.1) is 28.7 Å². The molecule has 2 N–H and O–H groups in total. The quantitative estimate of drug-likeness (QED) is 0.557. The van der Waals surface area contributed by atoms with Gasteiger partial charge in [0, 0.05) is 30.4 Å². The van der Waals surface area contributed by atoms with Crippen molar-refractivity contribution in [3.8, 4) is 0 Å². The lowest BCUT2D eigenvalue weighted by atomic mass is 9.98. The van der Waals surface area contributed by atoms with Crippen LogP contribution in [0.25, 0.3) is 10.9 Å². The second kappa shape index (κ2) is 9.33. The van der Waals surface area contributed by atoms with Crippen LogP contribution in [0.4, 0.5) is 18.9 Å². The number of morpholine rings is 1. The van der Waals surface area contributed by atoms with E-state index in [4.69, 9.17) is 4.74 Å². The maximum absolute atomic E-state index is 13.9. The van der Waals surface area contributed by atoms with Crippen LogP contribution in [-0.4, -0.2) is 46.1 Å². The SMILES string of the molecule is Cc1nc2cc(C(F)(F)F)c([C@H](C)Nc3ccc(C(=O)N4C[C@@H](C)O[C@@H](C)C4)cc3)cc2c(=O)[nH]1. The fraction of sp³-hybridized carbons (Fsp3) is 0.400. The number of hydrogen-bond donors (Lipinski definition) is 2. The maximum Gasteiger partial charge on any atom is 0.416 e.